The first kappa shape index (κ1) is 17.9. The van der Waals surface area contributed by atoms with Gasteiger partial charge in [-0.25, -0.2) is 0 Å². The van der Waals surface area contributed by atoms with E-state index < -0.39 is 0 Å². The van der Waals surface area contributed by atoms with Crippen LogP contribution in [0.1, 0.15) is 90.4 Å². The summed E-state index contributed by atoms with van der Waals surface area (Å²) in [5.41, 5.74) is 0. The topological polar surface area (TPSA) is 20.2 Å². The lowest BCUT2D eigenvalue weighted by Gasteiger charge is -2.01. The zero-order valence-electron chi connectivity index (χ0n) is 12.6. The first-order valence-electron chi connectivity index (χ1n) is 8.03. The lowest BCUT2D eigenvalue weighted by molar-refractivity contribution is 0.517. The van der Waals surface area contributed by atoms with Crippen LogP contribution in [-0.4, -0.2) is 5.11 Å². The van der Waals surface area contributed by atoms with Gasteiger partial charge < -0.3 is 5.11 Å². The van der Waals surface area contributed by atoms with Crippen LogP contribution in [0, 0.1) is 23.9 Å². The fourth-order valence-electron chi connectivity index (χ4n) is 2.19. The zero-order valence-corrected chi connectivity index (χ0v) is 12.6. The summed E-state index contributed by atoms with van der Waals surface area (Å²) in [6.45, 7) is 2.27. The Labute approximate surface area is 120 Å². The second-order valence-corrected chi connectivity index (χ2v) is 5.18. The molecule has 1 heteroatoms. The van der Waals surface area contributed by atoms with E-state index in [1.807, 2.05) is 0 Å². The van der Waals surface area contributed by atoms with Crippen LogP contribution in [0.4, 0.5) is 0 Å². The molecule has 0 atom stereocenters. The van der Waals surface area contributed by atoms with Crippen LogP contribution in [0.3, 0.4) is 0 Å². The van der Waals surface area contributed by atoms with Gasteiger partial charge in [-0.3, -0.25) is 0 Å². The third kappa shape index (κ3) is 16.9. The monoisotopic (exact) mass is 262 g/mol. The van der Waals surface area contributed by atoms with Gasteiger partial charge >= 0.3 is 0 Å². The van der Waals surface area contributed by atoms with Gasteiger partial charge in [0, 0.05) is 12.3 Å². The average molecular weight is 262 g/mol. The number of aliphatic hydroxyl groups excluding tert-OH is 1. The molecule has 19 heavy (non-hydrogen) atoms. The molecule has 0 unspecified atom stereocenters. The van der Waals surface area contributed by atoms with Crippen LogP contribution in [0.5, 0.6) is 0 Å². The molecule has 0 aliphatic carbocycles. The lowest BCUT2D eigenvalue weighted by atomic mass is 10.0. The average Bonchev–Trinajstić information content (AvgIpc) is 2.43. The molecule has 1 nitrogen and oxygen atoms in total. The molecule has 0 rings (SSSR count). The number of rotatable bonds is 12. The van der Waals surface area contributed by atoms with Crippen molar-refractivity contribution in [1.82, 2.24) is 0 Å². The van der Waals surface area contributed by atoms with Crippen molar-refractivity contribution in [2.75, 3.05) is 0 Å². The molecule has 0 aromatic carbocycles. The van der Waals surface area contributed by atoms with E-state index in [-0.39, 0.29) is 0 Å². The van der Waals surface area contributed by atoms with Gasteiger partial charge in [-0.05, 0) is 12.3 Å². The minimum atomic E-state index is 0.909. The van der Waals surface area contributed by atoms with Crippen LogP contribution >= 0.6 is 0 Å². The number of aliphatic hydroxyl groups is 1. The van der Waals surface area contributed by atoms with Crippen molar-refractivity contribution >= 4 is 0 Å². The highest BCUT2D eigenvalue weighted by Crippen LogP contribution is 2.12. The predicted molar refractivity (Wildman–Crippen MR) is 83.2 cm³/mol. The largest absolute Gasteiger partial charge is 0.461 e. The molecule has 0 aliphatic heterocycles. The zero-order chi connectivity index (χ0) is 14.0. The van der Waals surface area contributed by atoms with E-state index in [4.69, 9.17) is 5.11 Å². The van der Waals surface area contributed by atoms with Crippen molar-refractivity contribution in [3.8, 4) is 23.9 Å². The van der Waals surface area contributed by atoms with Crippen LogP contribution in [0.2, 0.25) is 0 Å². The van der Waals surface area contributed by atoms with Gasteiger partial charge in [-0.15, -0.1) is 0 Å². The molecular weight excluding hydrogens is 232 g/mol. The van der Waals surface area contributed by atoms with Gasteiger partial charge in [0.2, 0.25) is 0 Å². The minimum absolute atomic E-state index is 0.909. The third-order valence-electron chi connectivity index (χ3n) is 3.36. The molecule has 0 aromatic rings. The molecule has 0 amide bonds. The number of hydrogen-bond acceptors (Lipinski definition) is 1. The Hall–Kier alpha value is -1.08. The van der Waals surface area contributed by atoms with E-state index in [0.717, 1.165) is 12.8 Å². The van der Waals surface area contributed by atoms with E-state index in [9.17, 15) is 0 Å². The van der Waals surface area contributed by atoms with E-state index >= 15 is 0 Å². The van der Waals surface area contributed by atoms with E-state index in [2.05, 4.69) is 24.7 Å². The highest BCUT2D eigenvalue weighted by atomic mass is 16.2. The SMILES string of the molecule is CCCCCCCCCCCCCCC#CC#CO. The Morgan fingerprint density at radius 3 is 1.58 bits per heavy atom. The maximum atomic E-state index is 8.21. The van der Waals surface area contributed by atoms with Crippen molar-refractivity contribution in [2.24, 2.45) is 0 Å². The third-order valence-corrected chi connectivity index (χ3v) is 3.36. The number of unbranched alkanes of at least 4 members (excludes halogenated alkanes) is 12. The first-order valence-corrected chi connectivity index (χ1v) is 8.03. The standard InChI is InChI=1S/C18H30O/c1-2-3-4-5-6-7-8-9-10-11-12-13-14-15-16-17-18-19/h19H,2-14H2,1H3. The molecule has 0 heterocycles. The first-order chi connectivity index (χ1) is 9.41. The molecule has 0 aliphatic rings. The van der Waals surface area contributed by atoms with Gasteiger partial charge in [-0.1, -0.05) is 83.5 Å². The molecule has 0 aromatic heterocycles. The fourth-order valence-corrected chi connectivity index (χ4v) is 2.19. The molecule has 108 valence electrons. The highest BCUT2D eigenvalue weighted by molar-refractivity contribution is 5.23. The van der Waals surface area contributed by atoms with Crippen molar-refractivity contribution < 1.29 is 5.11 Å². The predicted octanol–water partition coefficient (Wildman–Crippen LogP) is 5.41. The maximum absolute atomic E-state index is 8.21. The summed E-state index contributed by atoms with van der Waals surface area (Å²) in [6.07, 6.45) is 19.1. The van der Waals surface area contributed by atoms with Crippen molar-refractivity contribution in [1.29, 1.82) is 0 Å². The van der Waals surface area contributed by atoms with Crippen molar-refractivity contribution in [3.63, 3.8) is 0 Å². The Kier molecular flexibility index (Phi) is 16.0. The molecule has 0 saturated heterocycles. The Morgan fingerprint density at radius 2 is 1.11 bits per heavy atom. The van der Waals surface area contributed by atoms with Gasteiger partial charge in [0.05, 0.1) is 0 Å². The van der Waals surface area contributed by atoms with Gasteiger partial charge in [-0.2, -0.15) is 0 Å². The highest BCUT2D eigenvalue weighted by Gasteiger charge is 1.92. The van der Waals surface area contributed by atoms with Crippen molar-refractivity contribution in [3.05, 3.63) is 0 Å². The van der Waals surface area contributed by atoms with Gasteiger partial charge in [0.25, 0.3) is 0 Å². The Morgan fingerprint density at radius 1 is 0.632 bits per heavy atom. The molecule has 0 fully saturated rings. The smallest absolute Gasteiger partial charge is 0.122 e. The molecule has 0 spiro atoms. The summed E-state index contributed by atoms with van der Waals surface area (Å²) in [5, 5.41) is 8.21. The minimum Gasteiger partial charge on any atom is -0.461 e. The maximum Gasteiger partial charge on any atom is 0.122 e. The molecular formula is C18H30O. The molecule has 0 bridgehead atoms. The molecule has 0 saturated carbocycles. The Bertz CT molecular complexity index is 284. The Balaban J connectivity index is 3.03. The second kappa shape index (κ2) is 16.9. The van der Waals surface area contributed by atoms with E-state index in [1.54, 1.807) is 6.11 Å². The summed E-state index contributed by atoms with van der Waals surface area (Å²) in [5.74, 6) is 7.89. The summed E-state index contributed by atoms with van der Waals surface area (Å²) >= 11 is 0. The lowest BCUT2D eigenvalue weighted by Crippen LogP contribution is -1.82. The summed E-state index contributed by atoms with van der Waals surface area (Å²) < 4.78 is 0. The fraction of sp³-hybridized carbons (Fsp3) is 0.778. The quantitative estimate of drug-likeness (QED) is 0.368. The van der Waals surface area contributed by atoms with Crippen LogP contribution in [0.25, 0.3) is 0 Å². The van der Waals surface area contributed by atoms with Crippen LogP contribution < -0.4 is 0 Å². The second-order valence-electron chi connectivity index (χ2n) is 5.18. The normalized spacial score (nSPS) is 9.32. The van der Waals surface area contributed by atoms with Crippen LogP contribution in [0.15, 0.2) is 0 Å². The number of hydrogen-bond donors (Lipinski definition) is 1. The van der Waals surface area contributed by atoms with Crippen LogP contribution in [-0.2, 0) is 0 Å². The van der Waals surface area contributed by atoms with Crippen molar-refractivity contribution in [2.45, 2.75) is 90.4 Å². The molecule has 0 radical (unpaired) electrons. The van der Waals surface area contributed by atoms with Gasteiger partial charge in [0.1, 0.15) is 6.11 Å². The summed E-state index contributed by atoms with van der Waals surface area (Å²) in [6, 6.07) is 0. The van der Waals surface area contributed by atoms with E-state index in [1.165, 1.54) is 70.6 Å². The summed E-state index contributed by atoms with van der Waals surface area (Å²) in [4.78, 5) is 0. The summed E-state index contributed by atoms with van der Waals surface area (Å²) in [7, 11) is 0. The van der Waals surface area contributed by atoms with Gasteiger partial charge in [0.15, 0.2) is 0 Å². The molecule has 1 N–H and O–H groups in total. The van der Waals surface area contributed by atoms with E-state index in [0.29, 0.717) is 0 Å².